The molecule has 2 heterocycles. The third-order valence-corrected chi connectivity index (χ3v) is 1.38. The Morgan fingerprint density at radius 1 is 1.44 bits per heavy atom. The highest BCUT2D eigenvalue weighted by Gasteiger charge is 2.05. The Morgan fingerprint density at radius 3 is 3.33 bits per heavy atom. The molecule has 4 nitrogen and oxygen atoms in total. The number of hydrazine groups is 2. The Balaban J connectivity index is 2.39. The number of aromatic amines is 1. The average molecular weight is 124 g/mol. The van der Waals surface area contributed by atoms with Crippen LogP contribution in [0.5, 0.6) is 0 Å². The molecule has 0 atom stereocenters. The lowest BCUT2D eigenvalue weighted by atomic mass is 10.3. The van der Waals surface area contributed by atoms with Crippen LogP contribution >= 0.6 is 0 Å². The lowest BCUT2D eigenvalue weighted by molar-refractivity contribution is 0.561. The summed E-state index contributed by atoms with van der Waals surface area (Å²) in [6, 6.07) is 1.99. The van der Waals surface area contributed by atoms with Crippen molar-refractivity contribution in [2.45, 2.75) is 6.54 Å². The summed E-state index contributed by atoms with van der Waals surface area (Å²) in [5.41, 5.74) is 11.0. The first-order valence-corrected chi connectivity index (χ1v) is 2.87. The Morgan fingerprint density at radius 2 is 2.44 bits per heavy atom. The Kier molecular flexibility index (Phi) is 0.941. The molecule has 1 aliphatic heterocycles. The molecule has 0 aliphatic carbocycles. The van der Waals surface area contributed by atoms with E-state index in [0.717, 1.165) is 12.2 Å². The minimum Gasteiger partial charge on any atom is -0.362 e. The number of fused-ring (bicyclic) bond motifs is 1. The maximum Gasteiger partial charge on any atom is 0.0722 e. The summed E-state index contributed by atoms with van der Waals surface area (Å²) in [5, 5.41) is 0. The van der Waals surface area contributed by atoms with E-state index in [-0.39, 0.29) is 0 Å². The summed E-state index contributed by atoms with van der Waals surface area (Å²) in [7, 11) is 0. The van der Waals surface area contributed by atoms with Crippen molar-refractivity contribution < 1.29 is 0 Å². The number of aromatic nitrogens is 1. The Labute approximate surface area is 52.6 Å². The second-order valence-electron chi connectivity index (χ2n) is 1.97. The fourth-order valence-electron chi connectivity index (χ4n) is 0.911. The van der Waals surface area contributed by atoms with Crippen LogP contribution in [0.15, 0.2) is 12.3 Å². The third-order valence-electron chi connectivity index (χ3n) is 1.38. The van der Waals surface area contributed by atoms with Crippen molar-refractivity contribution >= 4 is 5.69 Å². The molecule has 48 valence electrons. The van der Waals surface area contributed by atoms with Crippen molar-refractivity contribution in [3.05, 3.63) is 18.0 Å². The van der Waals surface area contributed by atoms with Crippen LogP contribution in [0.1, 0.15) is 5.69 Å². The van der Waals surface area contributed by atoms with E-state index in [4.69, 9.17) is 0 Å². The third kappa shape index (κ3) is 0.684. The summed E-state index contributed by atoms with van der Waals surface area (Å²) >= 11 is 0. The highest BCUT2D eigenvalue weighted by molar-refractivity contribution is 5.48. The molecule has 0 saturated carbocycles. The van der Waals surface area contributed by atoms with Crippen LogP contribution in [0, 0.1) is 0 Å². The van der Waals surface area contributed by atoms with Gasteiger partial charge in [0.1, 0.15) is 0 Å². The zero-order valence-electron chi connectivity index (χ0n) is 4.86. The van der Waals surface area contributed by atoms with E-state index in [1.165, 1.54) is 5.69 Å². The molecule has 0 bridgehead atoms. The van der Waals surface area contributed by atoms with E-state index in [2.05, 4.69) is 21.4 Å². The van der Waals surface area contributed by atoms with E-state index in [1.807, 2.05) is 12.3 Å². The van der Waals surface area contributed by atoms with Crippen LogP contribution in [0.25, 0.3) is 0 Å². The number of anilines is 1. The Bertz CT molecular complexity index is 184. The molecule has 2 rings (SSSR count). The van der Waals surface area contributed by atoms with E-state index >= 15 is 0 Å². The first-order chi connectivity index (χ1) is 4.47. The first kappa shape index (κ1) is 4.84. The van der Waals surface area contributed by atoms with Crippen LogP contribution in [0.4, 0.5) is 5.69 Å². The van der Waals surface area contributed by atoms with Gasteiger partial charge < -0.3 is 10.4 Å². The van der Waals surface area contributed by atoms with Gasteiger partial charge in [-0.3, -0.25) is 0 Å². The largest absolute Gasteiger partial charge is 0.362 e. The number of hydrogen-bond acceptors (Lipinski definition) is 3. The van der Waals surface area contributed by atoms with Crippen molar-refractivity contribution in [3.63, 3.8) is 0 Å². The Hall–Kier alpha value is -1.00. The second kappa shape index (κ2) is 1.75. The van der Waals surface area contributed by atoms with Crippen molar-refractivity contribution in [1.82, 2.24) is 15.9 Å². The van der Waals surface area contributed by atoms with Gasteiger partial charge in [-0.05, 0) is 6.07 Å². The molecule has 0 fully saturated rings. The van der Waals surface area contributed by atoms with Gasteiger partial charge in [0, 0.05) is 6.20 Å². The monoisotopic (exact) mass is 124 g/mol. The van der Waals surface area contributed by atoms with Gasteiger partial charge >= 0.3 is 0 Å². The molecule has 0 spiro atoms. The van der Waals surface area contributed by atoms with E-state index < -0.39 is 0 Å². The van der Waals surface area contributed by atoms with Gasteiger partial charge in [0.05, 0.1) is 17.9 Å². The fourth-order valence-corrected chi connectivity index (χ4v) is 0.911. The van der Waals surface area contributed by atoms with Gasteiger partial charge in [0.25, 0.3) is 0 Å². The molecule has 1 aromatic heterocycles. The number of rotatable bonds is 0. The van der Waals surface area contributed by atoms with Crippen LogP contribution in [0.2, 0.25) is 0 Å². The van der Waals surface area contributed by atoms with Gasteiger partial charge in [0.2, 0.25) is 0 Å². The normalized spacial score (nSPS) is 16.4. The molecular formula is C5H8N4. The van der Waals surface area contributed by atoms with Gasteiger partial charge in [-0.2, -0.15) is 5.53 Å². The summed E-state index contributed by atoms with van der Waals surface area (Å²) < 4.78 is 0. The van der Waals surface area contributed by atoms with Crippen molar-refractivity contribution in [2.75, 3.05) is 5.43 Å². The van der Waals surface area contributed by atoms with Crippen molar-refractivity contribution in [3.8, 4) is 0 Å². The van der Waals surface area contributed by atoms with Gasteiger partial charge in [0.15, 0.2) is 0 Å². The molecule has 1 aliphatic rings. The smallest absolute Gasteiger partial charge is 0.0722 e. The maximum atomic E-state index is 3.09. The molecule has 0 radical (unpaired) electrons. The SMILES string of the molecule is c1cc2c([nH]1)CNNN2. The highest BCUT2D eigenvalue weighted by Crippen LogP contribution is 2.12. The number of H-pyrrole nitrogens is 1. The van der Waals surface area contributed by atoms with Crippen LogP contribution in [-0.4, -0.2) is 4.98 Å². The molecule has 0 amide bonds. The van der Waals surface area contributed by atoms with Gasteiger partial charge in [-0.25, -0.2) is 5.43 Å². The molecule has 0 saturated heterocycles. The van der Waals surface area contributed by atoms with Gasteiger partial charge in [-0.15, -0.1) is 0 Å². The predicted octanol–water partition coefficient (Wildman–Crippen LogP) is -0.0506. The first-order valence-electron chi connectivity index (χ1n) is 2.87. The quantitative estimate of drug-likeness (QED) is 0.392. The number of hydrogen-bond donors (Lipinski definition) is 4. The molecule has 4 heteroatoms. The van der Waals surface area contributed by atoms with Crippen LogP contribution < -0.4 is 16.4 Å². The highest BCUT2D eigenvalue weighted by atomic mass is 15.6. The van der Waals surface area contributed by atoms with E-state index in [9.17, 15) is 0 Å². The van der Waals surface area contributed by atoms with Crippen molar-refractivity contribution in [1.29, 1.82) is 0 Å². The van der Waals surface area contributed by atoms with E-state index in [1.54, 1.807) is 0 Å². The maximum absolute atomic E-state index is 3.09. The molecule has 1 aromatic rings. The topological polar surface area (TPSA) is 51.9 Å². The fraction of sp³-hybridized carbons (Fsp3) is 0.200. The van der Waals surface area contributed by atoms with Gasteiger partial charge in [-0.1, -0.05) is 0 Å². The molecule has 0 aromatic carbocycles. The lowest BCUT2D eigenvalue weighted by Crippen LogP contribution is -2.40. The zero-order chi connectivity index (χ0) is 6.10. The lowest BCUT2D eigenvalue weighted by Gasteiger charge is -2.15. The number of nitrogens with one attached hydrogen (secondary N) is 4. The zero-order valence-corrected chi connectivity index (χ0v) is 4.86. The van der Waals surface area contributed by atoms with Crippen molar-refractivity contribution in [2.24, 2.45) is 0 Å². The van der Waals surface area contributed by atoms with Crippen LogP contribution in [-0.2, 0) is 6.54 Å². The van der Waals surface area contributed by atoms with E-state index in [0.29, 0.717) is 0 Å². The average Bonchev–Trinajstić information content (AvgIpc) is 2.33. The minimum atomic E-state index is 0.843. The van der Waals surface area contributed by atoms with Crippen LogP contribution in [0.3, 0.4) is 0 Å². The molecule has 0 unspecified atom stereocenters. The molecule has 4 N–H and O–H groups in total. The molecular weight excluding hydrogens is 116 g/mol. The molecule has 9 heavy (non-hydrogen) atoms. The summed E-state index contributed by atoms with van der Waals surface area (Å²) in [6.07, 6.45) is 1.91. The second-order valence-corrected chi connectivity index (χ2v) is 1.97. The predicted molar refractivity (Wildman–Crippen MR) is 34.4 cm³/mol. The standard InChI is InChI=1S/C5H8N4/c1-2-6-5-3-7-9-8-4(1)5/h1-2,6-9H,3H2. The summed E-state index contributed by atoms with van der Waals surface area (Å²) in [6.45, 7) is 0.843. The summed E-state index contributed by atoms with van der Waals surface area (Å²) in [5.74, 6) is 0. The minimum absolute atomic E-state index is 0.843. The summed E-state index contributed by atoms with van der Waals surface area (Å²) in [4.78, 5) is 3.09.